The Morgan fingerprint density at radius 1 is 1.38 bits per heavy atom. The fraction of sp³-hybridized carbons (Fsp3) is 0.474. The smallest absolute Gasteiger partial charge is 0.220 e. The molecule has 5 heteroatoms. The van der Waals surface area contributed by atoms with Crippen molar-refractivity contribution in [3.63, 3.8) is 0 Å². The highest BCUT2D eigenvalue weighted by Gasteiger charge is 2.15. The molecule has 2 heterocycles. The molecule has 0 spiro atoms. The molecule has 1 fully saturated rings. The lowest BCUT2D eigenvalue weighted by atomic mass is 10.1. The molecule has 1 saturated heterocycles. The van der Waals surface area contributed by atoms with Crippen LogP contribution in [0.1, 0.15) is 30.8 Å². The first kappa shape index (κ1) is 16.7. The van der Waals surface area contributed by atoms with Crippen molar-refractivity contribution < 1.29 is 9.21 Å². The number of oxazole rings is 1. The van der Waals surface area contributed by atoms with E-state index >= 15 is 0 Å². The highest BCUT2D eigenvalue weighted by molar-refractivity contribution is 5.76. The average molecular weight is 327 g/mol. The Morgan fingerprint density at radius 3 is 2.96 bits per heavy atom. The highest BCUT2D eigenvalue weighted by Crippen LogP contribution is 2.24. The van der Waals surface area contributed by atoms with E-state index in [0.717, 1.165) is 43.1 Å². The first-order valence-corrected chi connectivity index (χ1v) is 8.71. The summed E-state index contributed by atoms with van der Waals surface area (Å²) in [5.41, 5.74) is 1.88. The maximum Gasteiger partial charge on any atom is 0.220 e. The summed E-state index contributed by atoms with van der Waals surface area (Å²) in [4.78, 5) is 16.4. The first-order valence-electron chi connectivity index (χ1n) is 8.71. The third kappa shape index (κ3) is 4.45. The number of amides is 1. The molecular formula is C19H25N3O2. The zero-order valence-electron chi connectivity index (χ0n) is 14.2. The topological polar surface area (TPSA) is 67.2 Å². The number of rotatable bonds is 7. The van der Waals surface area contributed by atoms with Crippen LogP contribution >= 0.6 is 0 Å². The van der Waals surface area contributed by atoms with Gasteiger partial charge in [-0.25, -0.2) is 4.98 Å². The quantitative estimate of drug-likeness (QED) is 0.820. The largest absolute Gasteiger partial charge is 0.440 e. The van der Waals surface area contributed by atoms with Gasteiger partial charge in [0.25, 0.3) is 0 Å². The molecule has 128 valence electrons. The Labute approximate surface area is 142 Å². The van der Waals surface area contributed by atoms with Crippen molar-refractivity contribution in [2.24, 2.45) is 5.92 Å². The van der Waals surface area contributed by atoms with Crippen LogP contribution in [0.4, 0.5) is 0 Å². The van der Waals surface area contributed by atoms with E-state index in [9.17, 15) is 4.79 Å². The zero-order valence-corrected chi connectivity index (χ0v) is 14.2. The van der Waals surface area contributed by atoms with Gasteiger partial charge in [-0.2, -0.15) is 0 Å². The second-order valence-corrected chi connectivity index (χ2v) is 6.39. The molecule has 1 aromatic carbocycles. The van der Waals surface area contributed by atoms with Crippen molar-refractivity contribution in [2.45, 2.75) is 32.6 Å². The molecule has 1 amide bonds. The Balaban J connectivity index is 1.45. The Hall–Kier alpha value is -2.14. The average Bonchev–Trinajstić information content (AvgIpc) is 3.23. The third-order valence-corrected chi connectivity index (χ3v) is 4.48. The van der Waals surface area contributed by atoms with Gasteiger partial charge in [-0.1, -0.05) is 30.3 Å². The maximum absolute atomic E-state index is 12.0. The predicted molar refractivity (Wildman–Crippen MR) is 93.6 cm³/mol. The van der Waals surface area contributed by atoms with E-state index in [1.54, 1.807) is 0 Å². The lowest BCUT2D eigenvalue weighted by Gasteiger charge is -2.08. The number of hydrogen-bond acceptors (Lipinski definition) is 4. The van der Waals surface area contributed by atoms with Gasteiger partial charge in [0, 0.05) is 24.9 Å². The van der Waals surface area contributed by atoms with Gasteiger partial charge in [-0.15, -0.1) is 0 Å². The van der Waals surface area contributed by atoms with Gasteiger partial charge in [0.2, 0.25) is 5.91 Å². The molecule has 0 radical (unpaired) electrons. The normalized spacial score (nSPS) is 17.1. The molecule has 24 heavy (non-hydrogen) atoms. The van der Waals surface area contributed by atoms with Crippen molar-refractivity contribution in [1.29, 1.82) is 0 Å². The Bertz CT molecular complexity index is 661. The van der Waals surface area contributed by atoms with E-state index in [-0.39, 0.29) is 5.91 Å². The number of aryl methyl sites for hydroxylation is 2. The first-order chi connectivity index (χ1) is 11.7. The molecule has 1 aliphatic rings. The zero-order chi connectivity index (χ0) is 16.8. The third-order valence-electron chi connectivity index (χ3n) is 4.48. The van der Waals surface area contributed by atoms with Gasteiger partial charge in [0.15, 0.2) is 11.7 Å². The van der Waals surface area contributed by atoms with E-state index < -0.39 is 0 Å². The Kier molecular flexibility index (Phi) is 5.64. The van der Waals surface area contributed by atoms with Gasteiger partial charge in [-0.05, 0) is 38.8 Å². The van der Waals surface area contributed by atoms with Gasteiger partial charge in [0.05, 0.1) is 5.69 Å². The lowest BCUT2D eigenvalue weighted by Crippen LogP contribution is -2.26. The SMILES string of the molecule is Cc1nc(CCC(=O)NCCC2CCNC2)oc1-c1ccccc1. The number of benzene rings is 1. The van der Waals surface area contributed by atoms with E-state index in [4.69, 9.17) is 4.42 Å². The maximum atomic E-state index is 12.0. The standard InChI is InChI=1S/C19H25N3O2/c1-14-19(16-5-3-2-4-6-16)24-18(22-14)8-7-17(23)21-12-10-15-9-11-20-13-15/h2-6,15,20H,7-13H2,1H3,(H,21,23). The van der Waals surface area contributed by atoms with Crippen LogP contribution in [-0.2, 0) is 11.2 Å². The molecule has 0 bridgehead atoms. The van der Waals surface area contributed by atoms with Gasteiger partial charge >= 0.3 is 0 Å². The second kappa shape index (κ2) is 8.11. The van der Waals surface area contributed by atoms with Crippen LogP contribution in [-0.4, -0.2) is 30.5 Å². The van der Waals surface area contributed by atoms with Crippen LogP contribution in [0.15, 0.2) is 34.7 Å². The summed E-state index contributed by atoms with van der Waals surface area (Å²) in [5.74, 6) is 2.19. The number of carbonyl (C=O) groups excluding carboxylic acids is 1. The van der Waals surface area contributed by atoms with Crippen molar-refractivity contribution in [2.75, 3.05) is 19.6 Å². The highest BCUT2D eigenvalue weighted by atomic mass is 16.4. The van der Waals surface area contributed by atoms with E-state index in [0.29, 0.717) is 24.7 Å². The van der Waals surface area contributed by atoms with Crippen LogP contribution in [0.2, 0.25) is 0 Å². The number of aromatic nitrogens is 1. The number of carbonyl (C=O) groups is 1. The summed E-state index contributed by atoms with van der Waals surface area (Å²) >= 11 is 0. The van der Waals surface area contributed by atoms with Crippen molar-refractivity contribution in [1.82, 2.24) is 15.6 Å². The van der Waals surface area contributed by atoms with Crippen LogP contribution < -0.4 is 10.6 Å². The van der Waals surface area contributed by atoms with Crippen molar-refractivity contribution in [3.8, 4) is 11.3 Å². The summed E-state index contributed by atoms with van der Waals surface area (Å²) in [6.07, 6.45) is 3.21. The molecule has 1 atom stereocenters. The number of nitrogens with zero attached hydrogens (tertiary/aromatic N) is 1. The van der Waals surface area contributed by atoms with E-state index in [1.807, 2.05) is 37.3 Å². The minimum Gasteiger partial charge on any atom is -0.440 e. The fourth-order valence-corrected chi connectivity index (χ4v) is 3.10. The lowest BCUT2D eigenvalue weighted by molar-refractivity contribution is -0.121. The fourth-order valence-electron chi connectivity index (χ4n) is 3.10. The minimum absolute atomic E-state index is 0.0677. The van der Waals surface area contributed by atoms with Crippen LogP contribution in [0.25, 0.3) is 11.3 Å². The molecular weight excluding hydrogens is 302 g/mol. The minimum atomic E-state index is 0.0677. The van der Waals surface area contributed by atoms with Crippen LogP contribution in [0, 0.1) is 12.8 Å². The van der Waals surface area contributed by atoms with Gasteiger partial charge in [-0.3, -0.25) is 4.79 Å². The van der Waals surface area contributed by atoms with Gasteiger partial charge in [0.1, 0.15) is 0 Å². The molecule has 0 saturated carbocycles. The summed E-state index contributed by atoms with van der Waals surface area (Å²) in [5, 5.41) is 6.34. The Morgan fingerprint density at radius 2 is 2.21 bits per heavy atom. The number of hydrogen-bond donors (Lipinski definition) is 2. The predicted octanol–water partition coefficient (Wildman–Crippen LogP) is 2.70. The molecule has 1 aromatic heterocycles. The summed E-state index contributed by atoms with van der Waals surface area (Å²) in [6, 6.07) is 9.93. The molecule has 5 nitrogen and oxygen atoms in total. The molecule has 1 unspecified atom stereocenters. The monoisotopic (exact) mass is 327 g/mol. The molecule has 1 aliphatic heterocycles. The second-order valence-electron chi connectivity index (χ2n) is 6.39. The van der Waals surface area contributed by atoms with Crippen LogP contribution in [0.5, 0.6) is 0 Å². The molecule has 3 rings (SSSR count). The molecule has 0 aliphatic carbocycles. The van der Waals surface area contributed by atoms with Crippen LogP contribution in [0.3, 0.4) is 0 Å². The van der Waals surface area contributed by atoms with Crippen molar-refractivity contribution >= 4 is 5.91 Å². The molecule has 2 aromatic rings. The molecule has 2 N–H and O–H groups in total. The summed E-state index contributed by atoms with van der Waals surface area (Å²) < 4.78 is 5.84. The summed E-state index contributed by atoms with van der Waals surface area (Å²) in [7, 11) is 0. The van der Waals surface area contributed by atoms with Crippen molar-refractivity contribution in [3.05, 3.63) is 41.9 Å². The summed E-state index contributed by atoms with van der Waals surface area (Å²) in [6.45, 7) is 4.87. The van der Waals surface area contributed by atoms with E-state index in [2.05, 4.69) is 15.6 Å². The number of nitrogens with one attached hydrogen (secondary N) is 2. The van der Waals surface area contributed by atoms with E-state index in [1.165, 1.54) is 6.42 Å². The van der Waals surface area contributed by atoms with Gasteiger partial charge < -0.3 is 15.1 Å².